The number of hydrogen-bond acceptors (Lipinski definition) is 7. The number of ether oxygens (including phenoxy) is 1. The van der Waals surface area contributed by atoms with Crippen molar-refractivity contribution in [2.24, 2.45) is 0 Å². The van der Waals surface area contributed by atoms with Gasteiger partial charge in [0.1, 0.15) is 11.1 Å². The highest BCUT2D eigenvalue weighted by Gasteiger charge is 2.20. The van der Waals surface area contributed by atoms with Crippen molar-refractivity contribution in [3.63, 3.8) is 0 Å². The molecule has 0 saturated carbocycles. The fraction of sp³-hybridized carbons (Fsp3) is 0.143. The molecule has 2 aromatic carbocycles. The highest BCUT2D eigenvalue weighted by atomic mass is 32.1. The van der Waals surface area contributed by atoms with Crippen LogP contribution in [-0.2, 0) is 6.42 Å². The number of hydrogen-bond donors (Lipinski definition) is 1. The molecule has 8 heteroatoms. The Morgan fingerprint density at radius 1 is 1.38 bits per heavy atom. The Kier molecular flexibility index (Phi) is 5.90. The van der Waals surface area contributed by atoms with Crippen LogP contribution in [0.3, 0.4) is 0 Å². The van der Waals surface area contributed by atoms with E-state index < -0.39 is 16.4 Å². The molecule has 0 unspecified atom stereocenters. The number of aromatic nitrogens is 1. The average Bonchev–Trinajstić information content (AvgIpc) is 3.22. The van der Waals surface area contributed by atoms with Gasteiger partial charge in [-0.2, -0.15) is 5.26 Å². The zero-order valence-corrected chi connectivity index (χ0v) is 16.6. The minimum atomic E-state index is -0.706. The van der Waals surface area contributed by atoms with Crippen LogP contribution in [0.15, 0.2) is 41.8 Å². The van der Waals surface area contributed by atoms with Gasteiger partial charge < -0.3 is 9.84 Å². The van der Waals surface area contributed by atoms with Gasteiger partial charge in [-0.3, -0.25) is 10.1 Å². The largest absolute Gasteiger partial charge is 0.500 e. The molecule has 1 aromatic heterocycles. The van der Waals surface area contributed by atoms with Crippen LogP contribution in [0.1, 0.15) is 23.1 Å². The van der Waals surface area contributed by atoms with E-state index in [9.17, 15) is 20.5 Å². The van der Waals surface area contributed by atoms with Crippen LogP contribution in [-0.4, -0.2) is 22.1 Å². The smallest absolute Gasteiger partial charge is 0.315 e. The quantitative estimate of drug-likeness (QED) is 0.347. The third-order valence-corrected chi connectivity index (χ3v) is 5.19. The van der Waals surface area contributed by atoms with Crippen molar-refractivity contribution in [1.82, 2.24) is 4.98 Å². The minimum Gasteiger partial charge on any atom is -0.500 e. The summed E-state index contributed by atoms with van der Waals surface area (Å²) in [6.07, 6.45) is 2.43. The van der Waals surface area contributed by atoms with E-state index in [0.717, 1.165) is 17.7 Å². The van der Waals surface area contributed by atoms with Crippen LogP contribution in [0.2, 0.25) is 0 Å². The molecule has 29 heavy (non-hydrogen) atoms. The summed E-state index contributed by atoms with van der Waals surface area (Å²) in [5.74, 6) is -0.598. The lowest BCUT2D eigenvalue weighted by Crippen LogP contribution is -1.93. The lowest BCUT2D eigenvalue weighted by atomic mass is 10.1. The van der Waals surface area contributed by atoms with Gasteiger partial charge in [-0.05, 0) is 29.7 Å². The van der Waals surface area contributed by atoms with Crippen molar-refractivity contribution in [1.29, 1.82) is 5.26 Å². The summed E-state index contributed by atoms with van der Waals surface area (Å²) < 4.78 is 5.00. The van der Waals surface area contributed by atoms with E-state index >= 15 is 0 Å². The van der Waals surface area contributed by atoms with Crippen molar-refractivity contribution in [3.05, 3.63) is 68.0 Å². The number of allylic oxidation sites excluding steroid dienone is 1. The number of benzene rings is 2. The summed E-state index contributed by atoms with van der Waals surface area (Å²) >= 11 is 1.31. The third-order valence-electron chi connectivity index (χ3n) is 4.32. The molecular formula is C21H17N3O4S. The van der Waals surface area contributed by atoms with Crippen LogP contribution in [0, 0.1) is 21.4 Å². The number of methoxy groups -OCH3 is 1. The molecular weight excluding hydrogens is 390 g/mol. The zero-order valence-electron chi connectivity index (χ0n) is 15.7. The molecule has 1 N–H and O–H groups in total. The van der Waals surface area contributed by atoms with Gasteiger partial charge in [-0.25, -0.2) is 4.98 Å². The summed E-state index contributed by atoms with van der Waals surface area (Å²) in [5, 5.41) is 33.0. The van der Waals surface area contributed by atoms with E-state index in [2.05, 4.69) is 18.0 Å². The van der Waals surface area contributed by atoms with Crippen molar-refractivity contribution >= 4 is 28.7 Å². The van der Waals surface area contributed by atoms with E-state index in [1.807, 2.05) is 29.6 Å². The first-order valence-electron chi connectivity index (χ1n) is 8.69. The molecule has 0 radical (unpaired) electrons. The number of nitro benzene ring substituents is 1. The number of nitriles is 1. The number of nitro groups is 1. The highest BCUT2D eigenvalue weighted by molar-refractivity contribution is 7.11. The normalized spacial score (nSPS) is 11.1. The number of thiazole rings is 1. The van der Waals surface area contributed by atoms with E-state index in [1.54, 1.807) is 0 Å². The van der Waals surface area contributed by atoms with Gasteiger partial charge in [0.25, 0.3) is 0 Å². The molecule has 3 rings (SSSR count). The molecule has 1 heterocycles. The van der Waals surface area contributed by atoms with Crippen LogP contribution < -0.4 is 4.74 Å². The number of nitrogens with zero attached hydrogens (tertiary/aromatic N) is 3. The second kappa shape index (κ2) is 8.54. The van der Waals surface area contributed by atoms with Gasteiger partial charge in [0.15, 0.2) is 5.75 Å². The van der Waals surface area contributed by atoms with Gasteiger partial charge in [0, 0.05) is 17.0 Å². The molecule has 0 spiro atoms. The van der Waals surface area contributed by atoms with E-state index in [1.165, 1.54) is 42.2 Å². The first kappa shape index (κ1) is 20.0. The molecule has 0 saturated heterocycles. The van der Waals surface area contributed by atoms with Crippen molar-refractivity contribution in [2.75, 3.05) is 7.11 Å². The summed E-state index contributed by atoms with van der Waals surface area (Å²) in [6.45, 7) is 2.09. The molecule has 0 aliphatic carbocycles. The Morgan fingerprint density at radius 2 is 2.10 bits per heavy atom. The van der Waals surface area contributed by atoms with Gasteiger partial charge in [-0.1, -0.05) is 31.2 Å². The fourth-order valence-electron chi connectivity index (χ4n) is 2.74. The van der Waals surface area contributed by atoms with Crippen LogP contribution in [0.25, 0.3) is 22.9 Å². The van der Waals surface area contributed by atoms with Gasteiger partial charge in [0.2, 0.25) is 5.75 Å². The van der Waals surface area contributed by atoms with Gasteiger partial charge in [-0.15, -0.1) is 11.3 Å². The van der Waals surface area contributed by atoms with E-state index in [-0.39, 0.29) is 11.3 Å². The minimum absolute atomic E-state index is 0.0430. The van der Waals surface area contributed by atoms with Crippen molar-refractivity contribution < 1.29 is 14.8 Å². The number of phenols is 1. The van der Waals surface area contributed by atoms with E-state index in [0.29, 0.717) is 10.6 Å². The number of phenolic OH excluding ortho intramolecular Hbond substituents is 1. The second-order valence-corrected chi connectivity index (χ2v) is 6.96. The Hall–Kier alpha value is -3.70. The third kappa shape index (κ3) is 4.25. The summed E-state index contributed by atoms with van der Waals surface area (Å²) in [7, 11) is 1.30. The average molecular weight is 407 g/mol. The Balaban J connectivity index is 1.99. The number of aromatic hydroxyl groups is 1. The highest BCUT2D eigenvalue weighted by Crippen LogP contribution is 2.38. The Morgan fingerprint density at radius 3 is 2.69 bits per heavy atom. The van der Waals surface area contributed by atoms with Crippen molar-refractivity contribution in [2.45, 2.75) is 13.3 Å². The maximum absolute atomic E-state index is 11.2. The molecule has 0 aliphatic heterocycles. The standard InChI is InChI=1S/C21H17N3O4S/c1-3-13-4-6-15(7-5-13)17-12-29-21(23-17)16(11-22)8-14-9-18(24(26)27)20(25)19(10-14)28-2/h4-10,12,25H,3H2,1-2H3/b16-8+. The predicted molar refractivity (Wildman–Crippen MR) is 112 cm³/mol. The van der Waals surface area contributed by atoms with Crippen LogP contribution in [0.4, 0.5) is 5.69 Å². The first-order chi connectivity index (χ1) is 14.0. The van der Waals surface area contributed by atoms with Crippen LogP contribution >= 0.6 is 11.3 Å². The zero-order chi connectivity index (χ0) is 21.0. The molecule has 0 amide bonds. The van der Waals surface area contributed by atoms with Crippen molar-refractivity contribution in [3.8, 4) is 28.8 Å². The molecule has 146 valence electrons. The lowest BCUT2D eigenvalue weighted by molar-refractivity contribution is -0.386. The Bertz CT molecular complexity index is 1130. The van der Waals surface area contributed by atoms with E-state index in [4.69, 9.17) is 4.74 Å². The first-order valence-corrected chi connectivity index (χ1v) is 9.57. The predicted octanol–water partition coefficient (Wildman–Crippen LogP) is 5.06. The molecule has 0 aliphatic rings. The summed E-state index contributed by atoms with van der Waals surface area (Å²) in [5.41, 5.74) is 3.04. The monoisotopic (exact) mass is 407 g/mol. The number of rotatable bonds is 6. The maximum atomic E-state index is 11.2. The topological polar surface area (TPSA) is 109 Å². The van der Waals surface area contributed by atoms with Gasteiger partial charge >= 0.3 is 5.69 Å². The molecule has 7 nitrogen and oxygen atoms in total. The maximum Gasteiger partial charge on any atom is 0.315 e. The van der Waals surface area contributed by atoms with Gasteiger partial charge in [0.05, 0.1) is 23.3 Å². The SMILES string of the molecule is CCc1ccc(-c2csc(/C(C#N)=C/c3cc(OC)c(O)c([N+](=O)[O-])c3)n2)cc1. The summed E-state index contributed by atoms with van der Waals surface area (Å²) in [4.78, 5) is 15.0. The summed E-state index contributed by atoms with van der Waals surface area (Å²) in [6, 6.07) is 12.8. The molecule has 0 fully saturated rings. The van der Waals surface area contributed by atoms with Crippen LogP contribution in [0.5, 0.6) is 11.5 Å². The molecule has 3 aromatic rings. The molecule has 0 bridgehead atoms. The number of aryl methyl sites for hydroxylation is 1. The fourth-order valence-corrected chi connectivity index (χ4v) is 3.54. The molecule has 0 atom stereocenters. The lowest BCUT2D eigenvalue weighted by Gasteiger charge is -2.05. The second-order valence-electron chi connectivity index (χ2n) is 6.11. The Labute approximate surface area is 171 Å².